The van der Waals surface area contributed by atoms with E-state index in [-0.39, 0.29) is 11.6 Å². The number of nitrogens with one attached hydrogen (secondary N) is 1. The van der Waals surface area contributed by atoms with Gasteiger partial charge >= 0.3 is 0 Å². The first-order valence-corrected chi connectivity index (χ1v) is 5.98. The fraction of sp³-hybridized carbons (Fsp3) is 0. The summed E-state index contributed by atoms with van der Waals surface area (Å²) in [6.45, 7) is 0. The van der Waals surface area contributed by atoms with E-state index in [1.54, 1.807) is 18.2 Å². The van der Waals surface area contributed by atoms with Crippen molar-refractivity contribution in [2.75, 3.05) is 5.32 Å². The number of pyridine rings is 1. The number of anilines is 1. The molecule has 0 radical (unpaired) electrons. The molecule has 1 aromatic carbocycles. The minimum absolute atomic E-state index is 0.256. The Hall–Kier alpha value is -2.09. The molecule has 1 N–H and O–H groups in total. The Morgan fingerprint density at radius 1 is 1.21 bits per heavy atom. The van der Waals surface area contributed by atoms with E-state index in [0.717, 1.165) is 0 Å². The molecule has 6 heteroatoms. The molecule has 0 spiro atoms. The maximum absolute atomic E-state index is 11.9. The van der Waals surface area contributed by atoms with Crippen LogP contribution in [0.1, 0.15) is 16.1 Å². The molecule has 0 aliphatic heterocycles. The Labute approximate surface area is 119 Å². The number of carbonyl (C=O) groups is 1. The minimum Gasteiger partial charge on any atom is -0.322 e. The lowest BCUT2D eigenvalue weighted by Crippen LogP contribution is -2.12. The average molecular weight is 292 g/mol. The number of rotatable bonds is 2. The Balaban J connectivity index is 2.16. The fourth-order valence-corrected chi connectivity index (χ4v) is 1.67. The van der Waals surface area contributed by atoms with Crippen molar-refractivity contribution in [1.82, 2.24) is 4.98 Å². The molecule has 19 heavy (non-hydrogen) atoms. The van der Waals surface area contributed by atoms with Gasteiger partial charge in [0.15, 0.2) is 0 Å². The highest BCUT2D eigenvalue weighted by atomic mass is 35.5. The van der Waals surface area contributed by atoms with E-state index >= 15 is 0 Å². The maximum atomic E-state index is 11.9. The number of aromatic nitrogens is 1. The van der Waals surface area contributed by atoms with E-state index in [4.69, 9.17) is 28.5 Å². The van der Waals surface area contributed by atoms with Crippen molar-refractivity contribution in [2.24, 2.45) is 0 Å². The van der Waals surface area contributed by atoms with Gasteiger partial charge in [-0.3, -0.25) is 4.79 Å². The fourth-order valence-electron chi connectivity index (χ4n) is 1.37. The highest BCUT2D eigenvalue weighted by Gasteiger charge is 2.08. The second kappa shape index (κ2) is 5.70. The average Bonchev–Trinajstić information content (AvgIpc) is 2.43. The second-order valence-electron chi connectivity index (χ2n) is 3.63. The first kappa shape index (κ1) is 13.3. The topological polar surface area (TPSA) is 65.8 Å². The van der Waals surface area contributed by atoms with Crippen molar-refractivity contribution in [3.8, 4) is 6.07 Å². The normalized spacial score (nSPS) is 9.74. The van der Waals surface area contributed by atoms with E-state index in [9.17, 15) is 4.79 Å². The number of halogens is 2. The molecule has 0 saturated carbocycles. The molecule has 2 rings (SSSR count). The predicted octanol–water partition coefficient (Wildman–Crippen LogP) is 3.51. The van der Waals surface area contributed by atoms with Gasteiger partial charge in [-0.2, -0.15) is 5.26 Å². The monoisotopic (exact) mass is 291 g/mol. The molecular weight excluding hydrogens is 285 g/mol. The Bertz CT molecular complexity index is 663. The Morgan fingerprint density at radius 3 is 2.58 bits per heavy atom. The Kier molecular flexibility index (Phi) is 4.00. The van der Waals surface area contributed by atoms with Crippen LogP contribution in [-0.2, 0) is 0 Å². The van der Waals surface area contributed by atoms with E-state index in [2.05, 4.69) is 10.3 Å². The van der Waals surface area contributed by atoms with Gasteiger partial charge in [-0.15, -0.1) is 0 Å². The number of nitriles is 1. The molecule has 0 fully saturated rings. The van der Waals surface area contributed by atoms with Crippen LogP contribution in [0.15, 0.2) is 36.5 Å². The summed E-state index contributed by atoms with van der Waals surface area (Å²) in [6, 6.07) is 9.67. The lowest BCUT2D eigenvalue weighted by Gasteiger charge is -2.06. The van der Waals surface area contributed by atoms with E-state index in [1.165, 1.54) is 18.3 Å². The van der Waals surface area contributed by atoms with Crippen molar-refractivity contribution >= 4 is 34.8 Å². The number of hydrogen-bond donors (Lipinski definition) is 1. The molecule has 0 saturated heterocycles. The number of carbonyl (C=O) groups excluding carboxylic acids is 1. The van der Waals surface area contributed by atoms with E-state index in [1.807, 2.05) is 6.07 Å². The second-order valence-corrected chi connectivity index (χ2v) is 4.44. The lowest BCUT2D eigenvalue weighted by atomic mass is 10.2. The summed E-state index contributed by atoms with van der Waals surface area (Å²) in [5, 5.41) is 12.1. The molecule has 1 heterocycles. The Morgan fingerprint density at radius 2 is 2.00 bits per heavy atom. The molecule has 0 unspecified atom stereocenters. The zero-order valence-corrected chi connectivity index (χ0v) is 11.0. The summed E-state index contributed by atoms with van der Waals surface area (Å²) in [5.74, 6) is -0.338. The largest absolute Gasteiger partial charge is 0.322 e. The van der Waals surface area contributed by atoms with E-state index in [0.29, 0.717) is 21.3 Å². The first-order valence-electron chi connectivity index (χ1n) is 5.22. The molecule has 94 valence electrons. The van der Waals surface area contributed by atoms with Gasteiger partial charge in [0.25, 0.3) is 5.91 Å². The number of benzene rings is 1. The van der Waals surface area contributed by atoms with Gasteiger partial charge < -0.3 is 5.32 Å². The highest BCUT2D eigenvalue weighted by molar-refractivity contribution is 6.42. The number of amides is 1. The standard InChI is InChI=1S/C13H7Cl2N3O/c14-11-4-3-9(5-12(11)15)18-13(19)8-1-2-10(6-16)17-7-8/h1-5,7H,(H,18,19). The van der Waals surface area contributed by atoms with Crippen molar-refractivity contribution in [3.63, 3.8) is 0 Å². The molecule has 0 aliphatic carbocycles. The van der Waals surface area contributed by atoms with Crippen molar-refractivity contribution in [2.45, 2.75) is 0 Å². The molecule has 4 nitrogen and oxygen atoms in total. The summed E-state index contributed by atoms with van der Waals surface area (Å²) in [7, 11) is 0. The van der Waals surface area contributed by atoms with Crippen LogP contribution in [0.2, 0.25) is 10.0 Å². The van der Waals surface area contributed by atoms with Crippen LogP contribution in [0.3, 0.4) is 0 Å². The molecule has 0 bridgehead atoms. The van der Waals surface area contributed by atoms with Gasteiger partial charge in [-0.25, -0.2) is 4.98 Å². The number of hydrogen-bond acceptors (Lipinski definition) is 3. The minimum atomic E-state index is -0.338. The van der Waals surface area contributed by atoms with Crippen molar-refractivity contribution in [1.29, 1.82) is 5.26 Å². The zero-order valence-electron chi connectivity index (χ0n) is 9.52. The molecule has 1 amide bonds. The van der Waals surface area contributed by atoms with Crippen LogP contribution < -0.4 is 5.32 Å². The third-order valence-electron chi connectivity index (χ3n) is 2.32. The van der Waals surface area contributed by atoms with Gasteiger partial charge in [-0.1, -0.05) is 23.2 Å². The summed E-state index contributed by atoms with van der Waals surface area (Å²) in [6.07, 6.45) is 1.34. The molecule has 2 aromatic rings. The summed E-state index contributed by atoms with van der Waals surface area (Å²) in [5.41, 5.74) is 1.14. The van der Waals surface area contributed by atoms with E-state index < -0.39 is 0 Å². The summed E-state index contributed by atoms with van der Waals surface area (Å²) >= 11 is 11.6. The van der Waals surface area contributed by atoms with Crippen LogP contribution in [0, 0.1) is 11.3 Å². The summed E-state index contributed by atoms with van der Waals surface area (Å²) in [4.78, 5) is 15.7. The van der Waals surface area contributed by atoms with Gasteiger partial charge in [0, 0.05) is 11.9 Å². The predicted molar refractivity (Wildman–Crippen MR) is 73.4 cm³/mol. The van der Waals surface area contributed by atoms with Gasteiger partial charge in [-0.05, 0) is 30.3 Å². The molecule has 0 aliphatic rings. The quantitative estimate of drug-likeness (QED) is 0.921. The van der Waals surface area contributed by atoms with Crippen LogP contribution in [0.4, 0.5) is 5.69 Å². The van der Waals surface area contributed by atoms with Crippen LogP contribution in [0.25, 0.3) is 0 Å². The lowest BCUT2D eigenvalue weighted by molar-refractivity contribution is 0.102. The first-order chi connectivity index (χ1) is 9.10. The third kappa shape index (κ3) is 3.22. The maximum Gasteiger partial charge on any atom is 0.257 e. The summed E-state index contributed by atoms with van der Waals surface area (Å²) < 4.78 is 0. The zero-order chi connectivity index (χ0) is 13.8. The van der Waals surface area contributed by atoms with Crippen LogP contribution >= 0.6 is 23.2 Å². The molecular formula is C13H7Cl2N3O. The van der Waals surface area contributed by atoms with Gasteiger partial charge in [0.2, 0.25) is 0 Å². The SMILES string of the molecule is N#Cc1ccc(C(=O)Nc2ccc(Cl)c(Cl)c2)cn1. The smallest absolute Gasteiger partial charge is 0.257 e. The highest BCUT2D eigenvalue weighted by Crippen LogP contribution is 2.25. The third-order valence-corrected chi connectivity index (χ3v) is 3.06. The van der Waals surface area contributed by atoms with Crippen LogP contribution in [-0.4, -0.2) is 10.9 Å². The number of nitrogens with zero attached hydrogens (tertiary/aromatic N) is 2. The van der Waals surface area contributed by atoms with Gasteiger partial charge in [0.05, 0.1) is 15.6 Å². The molecule has 0 atom stereocenters. The van der Waals surface area contributed by atoms with Crippen LogP contribution in [0.5, 0.6) is 0 Å². The van der Waals surface area contributed by atoms with Crippen molar-refractivity contribution < 1.29 is 4.79 Å². The van der Waals surface area contributed by atoms with Gasteiger partial charge in [0.1, 0.15) is 11.8 Å². The molecule has 1 aromatic heterocycles. The van der Waals surface area contributed by atoms with Crippen molar-refractivity contribution in [3.05, 3.63) is 57.8 Å².